The number of unbranched alkanes of at least 4 members (excludes halogenated alkanes) is 1. The molecule has 0 spiro atoms. The largest absolute Gasteiger partial charge is 0.373 e. The summed E-state index contributed by atoms with van der Waals surface area (Å²) in [5, 5.41) is 3.09. The average molecular weight is 255 g/mol. The maximum Gasteiger partial charge on any atom is 0.135 e. The fourth-order valence-electron chi connectivity index (χ4n) is 2.01. The van der Waals surface area contributed by atoms with Gasteiger partial charge in [-0.25, -0.2) is 4.98 Å². The van der Waals surface area contributed by atoms with Crippen LogP contribution in [0.25, 0.3) is 0 Å². The first-order valence-electron chi connectivity index (χ1n) is 6.82. The second-order valence-corrected chi connectivity index (χ2v) is 4.47. The Balaban J connectivity index is 2.31. The van der Waals surface area contributed by atoms with Crippen molar-refractivity contribution in [1.82, 2.24) is 4.98 Å². The molecule has 2 rings (SSSR count). The molecule has 19 heavy (non-hydrogen) atoms. The zero-order valence-corrected chi connectivity index (χ0v) is 11.6. The molecule has 0 unspecified atom stereocenters. The van der Waals surface area contributed by atoms with E-state index in [1.165, 1.54) is 12.1 Å². The van der Waals surface area contributed by atoms with Crippen molar-refractivity contribution < 1.29 is 0 Å². The lowest BCUT2D eigenvalue weighted by Gasteiger charge is -2.24. The molecule has 0 amide bonds. The standard InChI is InChI=1S/C16H21N3/c1-3-4-13-19(14-9-6-5-7-10-14)16-12-8-11-15(17-2)18-16/h5-12H,3-4,13H2,1-2H3,(H,17,18). The van der Waals surface area contributed by atoms with Crippen molar-refractivity contribution >= 4 is 17.3 Å². The zero-order valence-electron chi connectivity index (χ0n) is 11.6. The van der Waals surface area contributed by atoms with Gasteiger partial charge in [-0.3, -0.25) is 0 Å². The van der Waals surface area contributed by atoms with Gasteiger partial charge in [0.2, 0.25) is 0 Å². The van der Waals surface area contributed by atoms with Gasteiger partial charge in [-0.2, -0.15) is 0 Å². The van der Waals surface area contributed by atoms with Crippen molar-refractivity contribution in [2.45, 2.75) is 19.8 Å². The normalized spacial score (nSPS) is 10.2. The van der Waals surface area contributed by atoms with Crippen molar-refractivity contribution in [2.75, 3.05) is 23.8 Å². The first-order chi connectivity index (χ1) is 9.35. The van der Waals surface area contributed by atoms with Crippen LogP contribution in [0.1, 0.15) is 19.8 Å². The lowest BCUT2D eigenvalue weighted by Crippen LogP contribution is -2.19. The highest BCUT2D eigenvalue weighted by Crippen LogP contribution is 2.24. The van der Waals surface area contributed by atoms with Crippen LogP contribution >= 0.6 is 0 Å². The summed E-state index contributed by atoms with van der Waals surface area (Å²) in [5.41, 5.74) is 1.19. The number of anilines is 3. The zero-order chi connectivity index (χ0) is 13.5. The molecule has 0 saturated carbocycles. The molecule has 2 aromatic rings. The van der Waals surface area contributed by atoms with Crippen LogP contribution in [0, 0.1) is 0 Å². The number of pyridine rings is 1. The van der Waals surface area contributed by atoms with Gasteiger partial charge in [-0.05, 0) is 30.7 Å². The molecule has 1 aromatic heterocycles. The Labute approximate surface area is 115 Å². The van der Waals surface area contributed by atoms with Gasteiger partial charge in [0.25, 0.3) is 0 Å². The molecule has 0 saturated heterocycles. The lowest BCUT2D eigenvalue weighted by molar-refractivity contribution is 0.780. The van der Waals surface area contributed by atoms with Gasteiger partial charge in [0.1, 0.15) is 11.6 Å². The van der Waals surface area contributed by atoms with Crippen LogP contribution in [-0.4, -0.2) is 18.6 Å². The topological polar surface area (TPSA) is 28.2 Å². The van der Waals surface area contributed by atoms with Crippen molar-refractivity contribution in [3.05, 3.63) is 48.5 Å². The fraction of sp³-hybridized carbons (Fsp3) is 0.312. The van der Waals surface area contributed by atoms with Crippen LogP contribution in [0.3, 0.4) is 0 Å². The maximum atomic E-state index is 4.64. The second kappa shape index (κ2) is 6.78. The van der Waals surface area contributed by atoms with Gasteiger partial charge >= 0.3 is 0 Å². The van der Waals surface area contributed by atoms with Crippen molar-refractivity contribution in [2.24, 2.45) is 0 Å². The quantitative estimate of drug-likeness (QED) is 0.843. The van der Waals surface area contributed by atoms with Crippen LogP contribution in [0.4, 0.5) is 17.3 Å². The molecule has 1 aromatic carbocycles. The summed E-state index contributed by atoms with van der Waals surface area (Å²) in [6.45, 7) is 3.20. The lowest BCUT2D eigenvalue weighted by atomic mass is 10.2. The molecule has 0 aliphatic carbocycles. The van der Waals surface area contributed by atoms with Crippen LogP contribution in [-0.2, 0) is 0 Å². The van der Waals surface area contributed by atoms with E-state index < -0.39 is 0 Å². The van der Waals surface area contributed by atoms with Crippen LogP contribution in [0.2, 0.25) is 0 Å². The molecule has 3 heteroatoms. The molecule has 0 bridgehead atoms. The van der Waals surface area contributed by atoms with E-state index in [-0.39, 0.29) is 0 Å². The molecular formula is C16H21N3. The molecule has 0 radical (unpaired) electrons. The van der Waals surface area contributed by atoms with Crippen LogP contribution < -0.4 is 10.2 Å². The van der Waals surface area contributed by atoms with Crippen LogP contribution in [0.15, 0.2) is 48.5 Å². The smallest absolute Gasteiger partial charge is 0.135 e. The first-order valence-corrected chi connectivity index (χ1v) is 6.82. The molecular weight excluding hydrogens is 234 g/mol. The molecule has 0 aliphatic heterocycles. The third-order valence-electron chi connectivity index (χ3n) is 3.07. The summed E-state index contributed by atoms with van der Waals surface area (Å²) in [7, 11) is 1.89. The SMILES string of the molecule is CCCCN(c1ccccc1)c1cccc(NC)n1. The minimum atomic E-state index is 0.898. The van der Waals surface area contributed by atoms with Crippen molar-refractivity contribution in [1.29, 1.82) is 0 Å². The number of nitrogens with one attached hydrogen (secondary N) is 1. The van der Waals surface area contributed by atoms with E-state index in [4.69, 9.17) is 0 Å². The van der Waals surface area contributed by atoms with Gasteiger partial charge in [-0.15, -0.1) is 0 Å². The summed E-state index contributed by atoms with van der Waals surface area (Å²) in [5.74, 6) is 1.89. The van der Waals surface area contributed by atoms with Gasteiger partial charge in [0.05, 0.1) is 0 Å². The Bertz CT molecular complexity index is 496. The van der Waals surface area contributed by atoms with Gasteiger partial charge in [0, 0.05) is 19.3 Å². The summed E-state index contributed by atoms with van der Waals surface area (Å²) >= 11 is 0. The number of hydrogen-bond donors (Lipinski definition) is 1. The fourth-order valence-corrected chi connectivity index (χ4v) is 2.01. The highest BCUT2D eigenvalue weighted by molar-refractivity contribution is 5.61. The predicted octanol–water partition coefficient (Wildman–Crippen LogP) is 4.06. The van der Waals surface area contributed by atoms with Crippen molar-refractivity contribution in [3.8, 4) is 0 Å². The number of para-hydroxylation sites is 1. The summed E-state index contributed by atoms with van der Waals surface area (Å²) in [6, 6.07) is 16.5. The Hall–Kier alpha value is -2.03. The number of benzene rings is 1. The molecule has 0 fully saturated rings. The van der Waals surface area contributed by atoms with E-state index in [2.05, 4.69) is 52.5 Å². The molecule has 3 nitrogen and oxygen atoms in total. The highest BCUT2D eigenvalue weighted by atomic mass is 15.2. The monoisotopic (exact) mass is 255 g/mol. The Morgan fingerprint density at radius 2 is 1.84 bits per heavy atom. The summed E-state index contributed by atoms with van der Waals surface area (Å²) in [4.78, 5) is 6.90. The molecule has 0 atom stereocenters. The van der Waals surface area contributed by atoms with E-state index in [9.17, 15) is 0 Å². The molecule has 100 valence electrons. The number of rotatable bonds is 6. The van der Waals surface area contributed by atoms with Crippen LogP contribution in [0.5, 0.6) is 0 Å². The van der Waals surface area contributed by atoms with E-state index in [0.29, 0.717) is 0 Å². The second-order valence-electron chi connectivity index (χ2n) is 4.47. The maximum absolute atomic E-state index is 4.64. The molecule has 0 aliphatic rings. The van der Waals surface area contributed by atoms with E-state index >= 15 is 0 Å². The number of hydrogen-bond acceptors (Lipinski definition) is 3. The Kier molecular flexibility index (Phi) is 4.78. The minimum absolute atomic E-state index is 0.898. The Morgan fingerprint density at radius 3 is 2.53 bits per heavy atom. The van der Waals surface area contributed by atoms with Crippen molar-refractivity contribution in [3.63, 3.8) is 0 Å². The summed E-state index contributed by atoms with van der Waals surface area (Å²) in [6.07, 6.45) is 2.33. The van der Waals surface area contributed by atoms with Gasteiger partial charge in [0.15, 0.2) is 0 Å². The third-order valence-corrected chi connectivity index (χ3v) is 3.07. The van der Waals surface area contributed by atoms with Gasteiger partial charge in [-0.1, -0.05) is 37.6 Å². The third kappa shape index (κ3) is 3.47. The first kappa shape index (κ1) is 13.4. The minimum Gasteiger partial charge on any atom is -0.373 e. The predicted molar refractivity (Wildman–Crippen MR) is 82.1 cm³/mol. The van der Waals surface area contributed by atoms with E-state index in [1.807, 2.05) is 25.2 Å². The van der Waals surface area contributed by atoms with E-state index in [1.54, 1.807) is 0 Å². The van der Waals surface area contributed by atoms with E-state index in [0.717, 1.165) is 24.6 Å². The number of aromatic nitrogens is 1. The van der Waals surface area contributed by atoms with Gasteiger partial charge < -0.3 is 10.2 Å². The summed E-state index contributed by atoms with van der Waals surface area (Å²) < 4.78 is 0. The Morgan fingerprint density at radius 1 is 1.05 bits per heavy atom. The molecule has 1 N–H and O–H groups in total. The molecule has 1 heterocycles. The number of nitrogens with zero attached hydrogens (tertiary/aromatic N) is 2. The highest BCUT2D eigenvalue weighted by Gasteiger charge is 2.10. The average Bonchev–Trinajstić information content (AvgIpc) is 2.49.